The Bertz CT molecular complexity index is 160. The first-order chi connectivity index (χ1) is 5.95. The topological polar surface area (TPSA) is 23.6 Å². The predicted octanol–water partition coefficient (Wildman–Crippen LogP) is 1.74. The van der Waals surface area contributed by atoms with Gasteiger partial charge < -0.3 is 9.80 Å². The Balaban J connectivity index is 3.51. The molecule has 1 amide bonds. The molecule has 0 radical (unpaired) electrons. The molecule has 0 aliphatic rings. The van der Waals surface area contributed by atoms with Crippen LogP contribution in [-0.2, 0) is 0 Å². The molecule has 1 atom stereocenters. The number of amides is 1. The monoisotopic (exact) mass is 204 g/mol. The van der Waals surface area contributed by atoms with E-state index in [1.165, 1.54) is 11.8 Å². The van der Waals surface area contributed by atoms with E-state index in [-0.39, 0.29) is 5.24 Å². The molecule has 13 heavy (non-hydrogen) atoms. The van der Waals surface area contributed by atoms with Crippen molar-refractivity contribution in [2.75, 3.05) is 33.9 Å². The van der Waals surface area contributed by atoms with Gasteiger partial charge in [0.25, 0.3) is 5.24 Å². The van der Waals surface area contributed by atoms with Crippen molar-refractivity contribution < 1.29 is 4.79 Å². The highest BCUT2D eigenvalue weighted by Gasteiger charge is 2.07. The van der Waals surface area contributed by atoms with Crippen LogP contribution in [0.2, 0.25) is 0 Å². The van der Waals surface area contributed by atoms with Crippen LogP contribution in [0, 0.1) is 0 Å². The normalized spacial score (nSPS) is 13.1. The highest BCUT2D eigenvalue weighted by molar-refractivity contribution is 8.13. The quantitative estimate of drug-likeness (QED) is 0.697. The minimum Gasteiger partial charge on any atom is -0.340 e. The highest BCUT2D eigenvalue weighted by atomic mass is 32.2. The molecule has 0 saturated heterocycles. The molecule has 0 aromatic heterocycles. The van der Waals surface area contributed by atoms with Crippen LogP contribution in [-0.4, -0.2) is 55.0 Å². The molecular weight excluding hydrogens is 184 g/mol. The van der Waals surface area contributed by atoms with Gasteiger partial charge in [-0.3, -0.25) is 4.79 Å². The van der Waals surface area contributed by atoms with Gasteiger partial charge in [0.2, 0.25) is 0 Å². The zero-order chi connectivity index (χ0) is 10.4. The van der Waals surface area contributed by atoms with Crippen LogP contribution in [0.4, 0.5) is 4.79 Å². The van der Waals surface area contributed by atoms with Gasteiger partial charge in [0, 0.05) is 25.9 Å². The molecule has 78 valence electrons. The Kier molecular flexibility index (Phi) is 6.16. The molecule has 0 aliphatic heterocycles. The molecule has 0 heterocycles. The van der Waals surface area contributed by atoms with Gasteiger partial charge >= 0.3 is 0 Å². The van der Waals surface area contributed by atoms with E-state index < -0.39 is 0 Å². The van der Waals surface area contributed by atoms with E-state index in [2.05, 4.69) is 25.9 Å². The molecule has 0 N–H and O–H groups in total. The standard InChI is InChI=1S/C9H20N2OS/c1-8(10(2)3)6-7-13-9(12)11(4)5/h8H,6-7H2,1-5H3. The molecule has 0 saturated carbocycles. The summed E-state index contributed by atoms with van der Waals surface area (Å²) in [6, 6.07) is 0.544. The molecule has 0 aliphatic carbocycles. The van der Waals surface area contributed by atoms with Crippen LogP contribution in [0.1, 0.15) is 13.3 Å². The Labute approximate surface area is 85.5 Å². The summed E-state index contributed by atoms with van der Waals surface area (Å²) in [5.74, 6) is 0.899. The van der Waals surface area contributed by atoms with E-state index >= 15 is 0 Å². The van der Waals surface area contributed by atoms with Gasteiger partial charge in [-0.05, 0) is 27.4 Å². The summed E-state index contributed by atoms with van der Waals surface area (Å²) < 4.78 is 0. The largest absolute Gasteiger partial charge is 0.340 e. The summed E-state index contributed by atoms with van der Waals surface area (Å²) >= 11 is 1.39. The van der Waals surface area contributed by atoms with Crippen LogP contribution < -0.4 is 0 Å². The fourth-order valence-electron chi connectivity index (χ4n) is 0.704. The van der Waals surface area contributed by atoms with Crippen molar-refractivity contribution >= 4 is 17.0 Å². The van der Waals surface area contributed by atoms with Gasteiger partial charge in [-0.2, -0.15) is 0 Å². The van der Waals surface area contributed by atoms with Crippen LogP contribution in [0.5, 0.6) is 0 Å². The van der Waals surface area contributed by atoms with Gasteiger partial charge in [0.15, 0.2) is 0 Å². The number of carbonyl (C=O) groups is 1. The molecule has 4 heteroatoms. The fourth-order valence-corrected chi connectivity index (χ4v) is 1.60. The molecule has 3 nitrogen and oxygen atoms in total. The zero-order valence-corrected chi connectivity index (χ0v) is 10.0. The number of rotatable bonds is 4. The highest BCUT2D eigenvalue weighted by Crippen LogP contribution is 2.10. The second-order valence-electron chi connectivity index (χ2n) is 3.61. The number of carbonyl (C=O) groups excluding carboxylic acids is 1. The smallest absolute Gasteiger partial charge is 0.281 e. The summed E-state index contributed by atoms with van der Waals surface area (Å²) in [7, 11) is 7.68. The van der Waals surface area contributed by atoms with Crippen molar-refractivity contribution in [2.24, 2.45) is 0 Å². The van der Waals surface area contributed by atoms with Crippen molar-refractivity contribution in [1.29, 1.82) is 0 Å². The van der Waals surface area contributed by atoms with Gasteiger partial charge in [-0.1, -0.05) is 11.8 Å². The Morgan fingerprint density at radius 2 is 1.85 bits per heavy atom. The summed E-state index contributed by atoms with van der Waals surface area (Å²) in [4.78, 5) is 15.0. The molecule has 0 bridgehead atoms. The first kappa shape index (κ1) is 12.8. The molecule has 0 spiro atoms. The van der Waals surface area contributed by atoms with Crippen LogP contribution in [0.25, 0.3) is 0 Å². The van der Waals surface area contributed by atoms with Crippen molar-refractivity contribution in [1.82, 2.24) is 9.80 Å². The van der Waals surface area contributed by atoms with E-state index in [1.807, 2.05) is 0 Å². The van der Waals surface area contributed by atoms with Gasteiger partial charge in [0.1, 0.15) is 0 Å². The Morgan fingerprint density at radius 1 is 1.31 bits per heavy atom. The lowest BCUT2D eigenvalue weighted by molar-refractivity contribution is 0.241. The summed E-state index contributed by atoms with van der Waals surface area (Å²) in [6.45, 7) is 2.17. The molecule has 1 unspecified atom stereocenters. The van der Waals surface area contributed by atoms with Crippen molar-refractivity contribution in [2.45, 2.75) is 19.4 Å². The summed E-state index contributed by atoms with van der Waals surface area (Å²) in [6.07, 6.45) is 1.05. The van der Waals surface area contributed by atoms with E-state index in [9.17, 15) is 4.79 Å². The lowest BCUT2D eigenvalue weighted by Gasteiger charge is -2.19. The van der Waals surface area contributed by atoms with Gasteiger partial charge in [-0.25, -0.2) is 0 Å². The van der Waals surface area contributed by atoms with E-state index in [4.69, 9.17) is 0 Å². The Morgan fingerprint density at radius 3 is 2.23 bits per heavy atom. The maximum Gasteiger partial charge on any atom is 0.281 e. The lowest BCUT2D eigenvalue weighted by atomic mass is 10.2. The number of nitrogens with zero attached hydrogens (tertiary/aromatic N) is 2. The lowest BCUT2D eigenvalue weighted by Crippen LogP contribution is -2.25. The maximum absolute atomic E-state index is 11.2. The SMILES string of the molecule is CC(CCSC(=O)N(C)C)N(C)C. The average molecular weight is 204 g/mol. The molecular formula is C9H20N2OS. The number of thioether (sulfide) groups is 1. The third kappa shape index (κ3) is 5.93. The van der Waals surface area contributed by atoms with Crippen LogP contribution in [0.3, 0.4) is 0 Å². The third-order valence-corrected chi connectivity index (χ3v) is 3.06. The predicted molar refractivity (Wildman–Crippen MR) is 59.3 cm³/mol. The van der Waals surface area contributed by atoms with E-state index in [1.54, 1.807) is 19.0 Å². The first-order valence-corrected chi connectivity index (χ1v) is 5.44. The number of hydrogen-bond acceptors (Lipinski definition) is 3. The van der Waals surface area contributed by atoms with Crippen LogP contribution in [0.15, 0.2) is 0 Å². The van der Waals surface area contributed by atoms with Gasteiger partial charge in [-0.15, -0.1) is 0 Å². The summed E-state index contributed by atoms with van der Waals surface area (Å²) in [5, 5.41) is 0.144. The minimum absolute atomic E-state index is 0.144. The molecule has 0 fully saturated rings. The van der Waals surface area contributed by atoms with E-state index in [0.29, 0.717) is 6.04 Å². The average Bonchev–Trinajstić information content (AvgIpc) is 2.03. The van der Waals surface area contributed by atoms with Crippen LogP contribution >= 0.6 is 11.8 Å². The van der Waals surface area contributed by atoms with E-state index in [0.717, 1.165) is 12.2 Å². The van der Waals surface area contributed by atoms with Crippen molar-refractivity contribution in [3.8, 4) is 0 Å². The second-order valence-corrected chi connectivity index (χ2v) is 4.66. The molecule has 0 aromatic rings. The molecule has 0 aromatic carbocycles. The maximum atomic E-state index is 11.2. The zero-order valence-electron chi connectivity index (χ0n) is 9.20. The fraction of sp³-hybridized carbons (Fsp3) is 0.889. The Hall–Kier alpha value is -0.220. The first-order valence-electron chi connectivity index (χ1n) is 4.45. The third-order valence-electron chi connectivity index (χ3n) is 2.01. The number of hydrogen-bond donors (Lipinski definition) is 0. The minimum atomic E-state index is 0.144. The van der Waals surface area contributed by atoms with Gasteiger partial charge in [0.05, 0.1) is 0 Å². The molecule has 0 rings (SSSR count). The van der Waals surface area contributed by atoms with Crippen molar-refractivity contribution in [3.05, 3.63) is 0 Å². The summed E-state index contributed by atoms with van der Waals surface area (Å²) in [5.41, 5.74) is 0. The second kappa shape index (κ2) is 6.27. The van der Waals surface area contributed by atoms with Crippen molar-refractivity contribution in [3.63, 3.8) is 0 Å².